The van der Waals surface area contributed by atoms with E-state index in [1.165, 1.54) is 11.1 Å². The van der Waals surface area contributed by atoms with E-state index in [0.717, 1.165) is 50.3 Å². The van der Waals surface area contributed by atoms with Crippen molar-refractivity contribution in [2.24, 2.45) is 5.10 Å². The molecule has 0 aliphatic heterocycles. The van der Waals surface area contributed by atoms with Crippen LogP contribution in [0.3, 0.4) is 0 Å². The molecule has 4 N–H and O–H groups in total. The molecule has 6 nitrogen and oxygen atoms in total. The third-order valence-electron chi connectivity index (χ3n) is 11.8. The van der Waals surface area contributed by atoms with Crippen LogP contribution in [0.2, 0.25) is 0 Å². The third-order valence-corrected chi connectivity index (χ3v) is 11.8. The molecule has 0 unspecified atom stereocenters. The van der Waals surface area contributed by atoms with Gasteiger partial charge < -0.3 is 20.4 Å². The van der Waals surface area contributed by atoms with Gasteiger partial charge in [-0.2, -0.15) is 5.10 Å². The summed E-state index contributed by atoms with van der Waals surface area (Å²) in [6, 6.07) is 46.5. The van der Waals surface area contributed by atoms with Crippen molar-refractivity contribution in [2.45, 2.75) is 26.2 Å². The second kappa shape index (κ2) is 16.2. The van der Waals surface area contributed by atoms with Gasteiger partial charge in [-0.15, -0.1) is 0 Å². The molecule has 0 amide bonds. The van der Waals surface area contributed by atoms with Gasteiger partial charge in [-0.25, -0.2) is 5.01 Å². The summed E-state index contributed by atoms with van der Waals surface area (Å²) in [5, 5.41) is 49.9. The van der Waals surface area contributed by atoms with Crippen molar-refractivity contribution in [3.8, 4) is 68.9 Å². The first kappa shape index (κ1) is 40.0. The second-order valence-electron chi connectivity index (χ2n) is 16.1. The fourth-order valence-electron chi connectivity index (χ4n) is 8.20. The monoisotopic (exact) mass is 818 g/mol. The topological polar surface area (TPSA) is 96.5 Å². The zero-order valence-corrected chi connectivity index (χ0v) is 35.0. The average molecular weight is 819 g/mol. The summed E-state index contributed by atoms with van der Waals surface area (Å²) < 4.78 is 0. The predicted molar refractivity (Wildman–Crippen MR) is 254 cm³/mol. The number of phenols is 4. The zero-order chi connectivity index (χ0) is 43.8. The Morgan fingerprint density at radius 1 is 0.571 bits per heavy atom. The van der Waals surface area contributed by atoms with Crippen molar-refractivity contribution >= 4 is 22.7 Å². The minimum Gasteiger partial charge on any atom is -0.508 e. The molecule has 0 spiro atoms. The molecule has 6 heteroatoms. The van der Waals surface area contributed by atoms with Gasteiger partial charge in [0, 0.05) is 49.9 Å². The van der Waals surface area contributed by atoms with Crippen molar-refractivity contribution in [2.75, 3.05) is 5.01 Å². The Morgan fingerprint density at radius 3 is 1.86 bits per heavy atom. The quantitative estimate of drug-likeness (QED) is 0.0761. The molecule has 0 saturated carbocycles. The van der Waals surface area contributed by atoms with Crippen molar-refractivity contribution in [1.29, 1.82) is 0 Å². The first-order valence-electron chi connectivity index (χ1n) is 20.5. The van der Waals surface area contributed by atoms with Gasteiger partial charge in [0.15, 0.2) is 0 Å². The van der Waals surface area contributed by atoms with Crippen LogP contribution in [0, 0.1) is 23.7 Å². The van der Waals surface area contributed by atoms with Gasteiger partial charge in [-0.05, 0) is 144 Å². The highest BCUT2D eigenvalue weighted by molar-refractivity contribution is 6.25. The lowest BCUT2D eigenvalue weighted by Crippen LogP contribution is -2.15. The summed E-state index contributed by atoms with van der Waals surface area (Å²) in [4.78, 5) is 0. The molecule has 7 aromatic rings. The molecule has 0 radical (unpaired) electrons. The van der Waals surface area contributed by atoms with Gasteiger partial charge in [-0.3, -0.25) is 0 Å². The van der Waals surface area contributed by atoms with E-state index in [1.54, 1.807) is 60.7 Å². The summed E-state index contributed by atoms with van der Waals surface area (Å²) in [5.74, 6) is 13.3. The Morgan fingerprint density at radius 2 is 1.16 bits per heavy atom. The maximum atomic E-state index is 11.8. The van der Waals surface area contributed by atoms with Crippen LogP contribution < -0.4 is 5.01 Å². The Kier molecular flexibility index (Phi) is 10.3. The lowest BCUT2D eigenvalue weighted by Gasteiger charge is -2.22. The molecular weight excluding hydrogens is 777 g/mol. The van der Waals surface area contributed by atoms with E-state index in [0.29, 0.717) is 33.5 Å². The van der Waals surface area contributed by atoms with Crippen LogP contribution in [0.4, 0.5) is 11.4 Å². The fourth-order valence-corrected chi connectivity index (χ4v) is 8.20. The molecule has 9 rings (SSSR count). The second-order valence-corrected chi connectivity index (χ2v) is 16.1. The molecule has 63 heavy (non-hydrogen) atoms. The zero-order valence-electron chi connectivity index (χ0n) is 35.0. The van der Waals surface area contributed by atoms with Crippen LogP contribution in [0.15, 0.2) is 187 Å². The number of nitrogens with zero attached hydrogens (tertiary/aromatic N) is 2. The van der Waals surface area contributed by atoms with E-state index in [-0.39, 0.29) is 28.4 Å². The van der Waals surface area contributed by atoms with Gasteiger partial charge >= 0.3 is 0 Å². The molecule has 2 aliphatic carbocycles. The van der Waals surface area contributed by atoms with E-state index in [4.69, 9.17) is 5.10 Å². The molecule has 0 bridgehead atoms. The van der Waals surface area contributed by atoms with Crippen LogP contribution in [-0.2, 0) is 5.41 Å². The Hall–Kier alpha value is -8.45. The lowest BCUT2D eigenvalue weighted by atomic mass is 9.81. The number of hydrazone groups is 1. The van der Waals surface area contributed by atoms with Crippen molar-refractivity contribution < 1.29 is 20.4 Å². The molecule has 7 aromatic carbocycles. The van der Waals surface area contributed by atoms with Gasteiger partial charge in [-0.1, -0.05) is 104 Å². The highest BCUT2D eigenvalue weighted by Crippen LogP contribution is 2.48. The minimum atomic E-state index is -0.215. The fraction of sp³-hybridized carbons (Fsp3) is 0.0702. The smallest absolute Gasteiger partial charge is 0.124 e. The van der Waals surface area contributed by atoms with Crippen molar-refractivity contribution in [1.82, 2.24) is 0 Å². The summed E-state index contributed by atoms with van der Waals surface area (Å²) in [7, 11) is 0. The maximum Gasteiger partial charge on any atom is 0.124 e. The largest absolute Gasteiger partial charge is 0.508 e. The number of phenolic OH excluding ortho intramolecular Hbond substituents is 4. The van der Waals surface area contributed by atoms with Crippen LogP contribution >= 0.6 is 0 Å². The summed E-state index contributed by atoms with van der Waals surface area (Å²) in [6.07, 6.45) is 3.99. The highest BCUT2D eigenvalue weighted by Gasteiger charge is 2.34. The molecule has 304 valence electrons. The van der Waals surface area contributed by atoms with Crippen LogP contribution in [0.5, 0.6) is 23.0 Å². The molecule has 2 aliphatic rings. The molecule has 0 saturated heterocycles. The Bertz CT molecular complexity index is 3170. The molecule has 0 atom stereocenters. The molecular formula is C57H42N2O4. The van der Waals surface area contributed by atoms with E-state index in [9.17, 15) is 20.4 Å². The summed E-state index contributed by atoms with van der Waals surface area (Å²) in [5.41, 5.74) is 13.8. The maximum absolute atomic E-state index is 11.8. The Balaban J connectivity index is 1.04. The normalized spacial score (nSPS) is 13.7. The highest BCUT2D eigenvalue weighted by atomic mass is 16.3. The number of fused-ring (bicyclic) bond motifs is 4. The summed E-state index contributed by atoms with van der Waals surface area (Å²) in [6.45, 7) is 10.8. The van der Waals surface area contributed by atoms with Crippen molar-refractivity contribution in [3.05, 3.63) is 220 Å². The van der Waals surface area contributed by atoms with E-state index < -0.39 is 0 Å². The van der Waals surface area contributed by atoms with Gasteiger partial charge in [0.25, 0.3) is 0 Å². The van der Waals surface area contributed by atoms with E-state index >= 15 is 0 Å². The molecule has 0 fully saturated rings. The number of rotatable bonds is 6. The van der Waals surface area contributed by atoms with Crippen molar-refractivity contribution in [3.63, 3.8) is 0 Å². The van der Waals surface area contributed by atoms with Gasteiger partial charge in [0.2, 0.25) is 0 Å². The number of aromatic hydroxyl groups is 4. The third kappa shape index (κ3) is 7.74. The predicted octanol–water partition coefficient (Wildman–Crippen LogP) is 12.4. The SMILES string of the molecule is C=C(C#Cc1ccc(O)cc1-c1cc2c(cc1O)/C(=N/N(c1ccccc1)c1ccccc1)c1cc(O)ccc1-2)/C=C\C1=C(C)C(C)(C)c2cc(C#Cc3ccc(O)cc3)ccc21. The van der Waals surface area contributed by atoms with E-state index in [2.05, 4.69) is 69.2 Å². The molecule has 0 heterocycles. The first-order chi connectivity index (χ1) is 30.4. The standard InChI is InChI=1S/C57H42N2O4/c1-36(16-28-46-37(2)57(3,4)54-31-39(21-29-48(46)54)18-17-38-19-24-43(60)25-20-38)15-22-40-23-26-44(61)32-49(40)51-34-50-47-30-27-45(62)33-52(47)56(53(50)35-55(51)63)58-59(41-11-7-5-8-12-41)42-13-9-6-10-14-42/h5-14,16,19-21,23-35,60-63H,1H2,2-4H3/b28-16-,58-56+. The lowest BCUT2D eigenvalue weighted by molar-refractivity contribution is 0.473. The number of hydrogen-bond donors (Lipinski definition) is 4. The van der Waals surface area contributed by atoms with E-state index in [1.807, 2.05) is 89.9 Å². The minimum absolute atomic E-state index is 0.0174. The Labute approximate surface area is 367 Å². The van der Waals surface area contributed by atoms with Crippen LogP contribution in [0.1, 0.15) is 59.7 Å². The number of anilines is 2. The van der Waals surface area contributed by atoms with Crippen LogP contribution in [0.25, 0.3) is 27.8 Å². The van der Waals surface area contributed by atoms with Gasteiger partial charge in [0.05, 0.1) is 17.1 Å². The van der Waals surface area contributed by atoms with Crippen LogP contribution in [-0.4, -0.2) is 26.1 Å². The number of benzene rings is 7. The number of hydrogen-bond acceptors (Lipinski definition) is 6. The average Bonchev–Trinajstić information content (AvgIpc) is 3.68. The molecule has 0 aromatic heterocycles. The van der Waals surface area contributed by atoms with Gasteiger partial charge in [0.1, 0.15) is 23.0 Å². The summed E-state index contributed by atoms with van der Waals surface area (Å²) >= 11 is 0. The number of para-hydroxylation sites is 2. The first-order valence-corrected chi connectivity index (χ1v) is 20.5. The number of allylic oxidation sites excluding steroid dienone is 5.